The molecule has 2 atom stereocenters. The average Bonchev–Trinajstić information content (AvgIpc) is 3.05. The maximum absolute atomic E-state index is 12.7. The molecule has 3 rings (SSSR count). The zero-order valence-electron chi connectivity index (χ0n) is 13.3. The number of nitrogens with one attached hydrogen (secondary N) is 1. The number of furan rings is 1. The van der Waals surface area contributed by atoms with Crippen molar-refractivity contribution >= 4 is 23.6 Å². The van der Waals surface area contributed by atoms with Gasteiger partial charge >= 0.3 is 5.97 Å². The number of rotatable bonds is 5. The third kappa shape index (κ3) is 3.48. The van der Waals surface area contributed by atoms with Crippen molar-refractivity contribution in [3.8, 4) is 0 Å². The van der Waals surface area contributed by atoms with Gasteiger partial charge in [-0.25, -0.2) is 0 Å². The van der Waals surface area contributed by atoms with E-state index in [1.807, 2.05) is 12.1 Å². The van der Waals surface area contributed by atoms with E-state index in [-0.39, 0.29) is 11.9 Å². The van der Waals surface area contributed by atoms with Crippen LogP contribution in [0.1, 0.15) is 47.5 Å². The Balaban J connectivity index is 1.78. The molecule has 24 heavy (non-hydrogen) atoms. The Morgan fingerprint density at radius 1 is 1.33 bits per heavy atom. The Bertz CT molecular complexity index is 755. The van der Waals surface area contributed by atoms with Crippen LogP contribution in [0, 0.1) is 0 Å². The highest BCUT2D eigenvalue weighted by Crippen LogP contribution is 2.32. The molecule has 126 valence electrons. The molecule has 1 heterocycles. The average molecular weight is 345 g/mol. The van der Waals surface area contributed by atoms with Crippen molar-refractivity contribution in [1.82, 2.24) is 5.32 Å². The second kappa shape index (κ2) is 7.13. The summed E-state index contributed by atoms with van der Waals surface area (Å²) in [7, 11) is 0. The summed E-state index contributed by atoms with van der Waals surface area (Å²) in [4.78, 5) is 24.5. The van der Waals surface area contributed by atoms with Gasteiger partial charge in [-0.15, -0.1) is 11.8 Å². The summed E-state index contributed by atoms with van der Waals surface area (Å²) in [5, 5.41) is 11.5. The van der Waals surface area contributed by atoms with E-state index in [2.05, 4.69) is 5.32 Å². The molecule has 2 unspecified atom stereocenters. The fourth-order valence-electron chi connectivity index (χ4n) is 2.87. The number of aliphatic carboxylic acids is 1. The maximum atomic E-state index is 12.7. The smallest absolute Gasteiger partial charge is 0.316 e. The van der Waals surface area contributed by atoms with Crippen molar-refractivity contribution in [2.24, 2.45) is 0 Å². The SMILES string of the molecule is CC(Sc1ccccc1C(=O)NC1CCCc2occc21)C(=O)O. The topological polar surface area (TPSA) is 79.5 Å². The Morgan fingerprint density at radius 2 is 2.12 bits per heavy atom. The lowest BCUT2D eigenvalue weighted by Gasteiger charge is -2.23. The third-order valence-electron chi connectivity index (χ3n) is 4.14. The Labute approximate surface area is 144 Å². The van der Waals surface area contributed by atoms with Gasteiger partial charge in [-0.1, -0.05) is 12.1 Å². The summed E-state index contributed by atoms with van der Waals surface area (Å²) in [6, 6.07) is 8.95. The molecule has 0 radical (unpaired) electrons. The van der Waals surface area contributed by atoms with Gasteiger partial charge in [0.1, 0.15) is 11.0 Å². The lowest BCUT2D eigenvalue weighted by Crippen LogP contribution is -2.31. The molecule has 1 aromatic heterocycles. The molecule has 0 fully saturated rings. The number of hydrogen-bond acceptors (Lipinski definition) is 4. The number of carbonyl (C=O) groups excluding carboxylic acids is 1. The van der Waals surface area contributed by atoms with Crippen LogP contribution in [0.5, 0.6) is 0 Å². The molecular formula is C18H19NO4S. The number of carboxylic acid groups (broad SMARTS) is 1. The summed E-state index contributed by atoms with van der Waals surface area (Å²) in [6.07, 6.45) is 4.40. The van der Waals surface area contributed by atoms with Crippen molar-refractivity contribution < 1.29 is 19.1 Å². The quantitative estimate of drug-likeness (QED) is 0.809. The van der Waals surface area contributed by atoms with Gasteiger partial charge in [0.05, 0.1) is 17.9 Å². The molecule has 2 N–H and O–H groups in total. The largest absolute Gasteiger partial charge is 0.480 e. The summed E-state index contributed by atoms with van der Waals surface area (Å²) >= 11 is 1.18. The molecule has 6 heteroatoms. The van der Waals surface area contributed by atoms with Crippen LogP contribution in [0.25, 0.3) is 0 Å². The van der Waals surface area contributed by atoms with E-state index in [9.17, 15) is 9.59 Å². The molecule has 0 saturated carbocycles. The molecule has 0 spiro atoms. The van der Waals surface area contributed by atoms with Gasteiger partial charge in [-0.05, 0) is 38.0 Å². The van der Waals surface area contributed by atoms with Gasteiger partial charge in [0.25, 0.3) is 5.91 Å². The number of amides is 1. The standard InChI is InChI=1S/C18H19NO4S/c1-11(18(21)22)24-16-8-3-2-5-13(16)17(20)19-14-6-4-7-15-12(14)9-10-23-15/h2-3,5,8-11,14H,4,6-7H2,1H3,(H,19,20)(H,21,22). The summed E-state index contributed by atoms with van der Waals surface area (Å²) in [5.41, 5.74) is 1.55. The predicted molar refractivity (Wildman–Crippen MR) is 91.3 cm³/mol. The zero-order chi connectivity index (χ0) is 17.1. The van der Waals surface area contributed by atoms with Crippen LogP contribution >= 0.6 is 11.8 Å². The van der Waals surface area contributed by atoms with Gasteiger partial charge in [0, 0.05) is 16.9 Å². The van der Waals surface area contributed by atoms with E-state index in [1.54, 1.807) is 31.4 Å². The van der Waals surface area contributed by atoms with Crippen LogP contribution in [0.3, 0.4) is 0 Å². The van der Waals surface area contributed by atoms with Crippen LogP contribution in [-0.2, 0) is 11.2 Å². The minimum absolute atomic E-state index is 0.0602. The van der Waals surface area contributed by atoms with Gasteiger partial charge in [-0.2, -0.15) is 0 Å². The zero-order valence-corrected chi connectivity index (χ0v) is 14.1. The van der Waals surface area contributed by atoms with Crippen LogP contribution in [0.15, 0.2) is 45.9 Å². The number of fused-ring (bicyclic) bond motifs is 1. The fraction of sp³-hybridized carbons (Fsp3) is 0.333. The highest BCUT2D eigenvalue weighted by Gasteiger charge is 2.25. The van der Waals surface area contributed by atoms with Crippen LogP contribution in [0.4, 0.5) is 0 Å². The van der Waals surface area contributed by atoms with Crippen LogP contribution in [0.2, 0.25) is 0 Å². The van der Waals surface area contributed by atoms with Crippen molar-refractivity contribution in [3.63, 3.8) is 0 Å². The molecular weight excluding hydrogens is 326 g/mol. The molecule has 0 saturated heterocycles. The summed E-state index contributed by atoms with van der Waals surface area (Å²) < 4.78 is 5.46. The van der Waals surface area contributed by atoms with Crippen molar-refractivity contribution in [2.45, 2.75) is 42.4 Å². The monoisotopic (exact) mass is 345 g/mol. The van der Waals surface area contributed by atoms with E-state index in [0.29, 0.717) is 10.5 Å². The van der Waals surface area contributed by atoms with Gasteiger partial charge in [-0.3, -0.25) is 9.59 Å². The molecule has 1 amide bonds. The number of carboxylic acids is 1. The number of carbonyl (C=O) groups is 2. The van der Waals surface area contributed by atoms with Gasteiger partial charge in [0.15, 0.2) is 0 Å². The van der Waals surface area contributed by atoms with E-state index < -0.39 is 11.2 Å². The normalized spacial score (nSPS) is 17.8. The first-order chi connectivity index (χ1) is 11.6. The number of benzene rings is 1. The second-order valence-corrected chi connectivity index (χ2v) is 7.19. The molecule has 5 nitrogen and oxygen atoms in total. The number of aryl methyl sites for hydroxylation is 1. The molecule has 1 aliphatic carbocycles. The van der Waals surface area contributed by atoms with Gasteiger partial charge < -0.3 is 14.8 Å². The van der Waals surface area contributed by atoms with E-state index in [0.717, 1.165) is 30.6 Å². The van der Waals surface area contributed by atoms with E-state index >= 15 is 0 Å². The second-order valence-electron chi connectivity index (χ2n) is 5.81. The van der Waals surface area contributed by atoms with Gasteiger partial charge in [0.2, 0.25) is 0 Å². The number of thioether (sulfide) groups is 1. The summed E-state index contributed by atoms with van der Waals surface area (Å²) in [6.45, 7) is 1.61. The molecule has 0 bridgehead atoms. The lowest BCUT2D eigenvalue weighted by atomic mass is 9.93. The summed E-state index contributed by atoms with van der Waals surface area (Å²) in [5.74, 6) is -0.144. The molecule has 1 aromatic carbocycles. The first-order valence-electron chi connectivity index (χ1n) is 7.92. The van der Waals surface area contributed by atoms with E-state index in [4.69, 9.17) is 9.52 Å². The fourth-order valence-corrected chi connectivity index (χ4v) is 3.80. The predicted octanol–water partition coefficient (Wildman–Crippen LogP) is 3.65. The highest BCUT2D eigenvalue weighted by atomic mass is 32.2. The number of hydrogen-bond donors (Lipinski definition) is 2. The van der Waals surface area contributed by atoms with Crippen molar-refractivity contribution in [1.29, 1.82) is 0 Å². The first kappa shape index (κ1) is 16.6. The van der Waals surface area contributed by atoms with Crippen molar-refractivity contribution in [2.75, 3.05) is 0 Å². The Kier molecular flexibility index (Phi) is 4.94. The van der Waals surface area contributed by atoms with Crippen LogP contribution in [-0.4, -0.2) is 22.2 Å². The molecule has 1 aliphatic rings. The molecule has 2 aromatic rings. The minimum Gasteiger partial charge on any atom is -0.480 e. The molecule has 0 aliphatic heterocycles. The van der Waals surface area contributed by atoms with Crippen LogP contribution < -0.4 is 5.32 Å². The lowest BCUT2D eigenvalue weighted by molar-refractivity contribution is -0.136. The highest BCUT2D eigenvalue weighted by molar-refractivity contribution is 8.00. The first-order valence-corrected chi connectivity index (χ1v) is 8.80. The Hall–Kier alpha value is -2.21. The Morgan fingerprint density at radius 3 is 2.92 bits per heavy atom. The van der Waals surface area contributed by atoms with E-state index in [1.165, 1.54) is 11.8 Å². The minimum atomic E-state index is -0.898. The van der Waals surface area contributed by atoms with Crippen molar-refractivity contribution in [3.05, 3.63) is 53.5 Å². The third-order valence-corrected chi connectivity index (χ3v) is 5.31. The maximum Gasteiger partial charge on any atom is 0.316 e.